The highest BCUT2D eigenvalue weighted by molar-refractivity contribution is 14.1. The van der Waals surface area contributed by atoms with Gasteiger partial charge in [-0.1, -0.05) is 6.92 Å². The summed E-state index contributed by atoms with van der Waals surface area (Å²) in [6.45, 7) is 3.49. The minimum absolute atomic E-state index is 0.0453. The first kappa shape index (κ1) is 14.9. The van der Waals surface area contributed by atoms with Crippen molar-refractivity contribution in [3.05, 3.63) is 27.8 Å². The SMILES string of the molecule is CC(CO)C(C)NS(=O)(=O)c1ccc(I)cc1. The van der Waals surface area contributed by atoms with Crippen molar-refractivity contribution in [2.24, 2.45) is 5.92 Å². The van der Waals surface area contributed by atoms with E-state index in [0.29, 0.717) is 0 Å². The van der Waals surface area contributed by atoms with Crippen LogP contribution in [0.1, 0.15) is 13.8 Å². The molecule has 0 spiro atoms. The van der Waals surface area contributed by atoms with Crippen LogP contribution in [0, 0.1) is 9.49 Å². The van der Waals surface area contributed by atoms with Crippen LogP contribution in [0.25, 0.3) is 0 Å². The van der Waals surface area contributed by atoms with Gasteiger partial charge >= 0.3 is 0 Å². The van der Waals surface area contributed by atoms with E-state index in [1.165, 1.54) is 0 Å². The van der Waals surface area contributed by atoms with E-state index in [1.54, 1.807) is 38.1 Å². The minimum atomic E-state index is -3.50. The highest BCUT2D eigenvalue weighted by Gasteiger charge is 2.20. The summed E-state index contributed by atoms with van der Waals surface area (Å²) in [5.41, 5.74) is 0. The smallest absolute Gasteiger partial charge is 0.240 e. The average molecular weight is 369 g/mol. The third kappa shape index (κ3) is 4.20. The van der Waals surface area contributed by atoms with E-state index in [9.17, 15) is 8.42 Å². The third-order valence-electron chi connectivity index (χ3n) is 2.61. The zero-order valence-electron chi connectivity index (χ0n) is 9.72. The second-order valence-corrected chi connectivity index (χ2v) is 6.98. The number of sulfonamides is 1. The molecule has 1 aromatic carbocycles. The summed E-state index contributed by atoms with van der Waals surface area (Å²) >= 11 is 2.12. The van der Waals surface area contributed by atoms with Gasteiger partial charge in [0.1, 0.15) is 0 Å². The number of benzene rings is 1. The number of hydrogen-bond donors (Lipinski definition) is 2. The molecule has 0 saturated carbocycles. The molecule has 0 radical (unpaired) electrons. The number of aliphatic hydroxyl groups excluding tert-OH is 1. The lowest BCUT2D eigenvalue weighted by molar-refractivity contribution is 0.216. The molecular weight excluding hydrogens is 353 g/mol. The van der Waals surface area contributed by atoms with Crippen molar-refractivity contribution < 1.29 is 13.5 Å². The normalized spacial score (nSPS) is 15.5. The molecule has 0 fully saturated rings. The topological polar surface area (TPSA) is 66.4 Å². The molecule has 6 heteroatoms. The fourth-order valence-corrected chi connectivity index (χ4v) is 2.91. The van der Waals surface area contributed by atoms with Gasteiger partial charge in [-0.3, -0.25) is 0 Å². The number of nitrogens with one attached hydrogen (secondary N) is 1. The Labute approximate surface area is 116 Å². The summed E-state index contributed by atoms with van der Waals surface area (Å²) in [5.74, 6) is -0.117. The second-order valence-electron chi connectivity index (χ2n) is 4.02. The number of rotatable bonds is 5. The maximum atomic E-state index is 12.0. The fraction of sp³-hybridized carbons (Fsp3) is 0.455. The van der Waals surface area contributed by atoms with Gasteiger partial charge in [-0.15, -0.1) is 0 Å². The Balaban J connectivity index is 2.85. The van der Waals surface area contributed by atoms with Crippen LogP contribution in [-0.4, -0.2) is 26.2 Å². The van der Waals surface area contributed by atoms with E-state index >= 15 is 0 Å². The molecule has 2 atom stereocenters. The molecule has 2 N–H and O–H groups in total. The summed E-state index contributed by atoms with van der Waals surface area (Å²) in [5, 5.41) is 8.97. The zero-order chi connectivity index (χ0) is 13.1. The van der Waals surface area contributed by atoms with Crippen LogP contribution in [0.2, 0.25) is 0 Å². The molecule has 0 heterocycles. The first-order valence-electron chi connectivity index (χ1n) is 5.25. The van der Waals surface area contributed by atoms with Crippen LogP contribution in [0.3, 0.4) is 0 Å². The molecule has 0 bridgehead atoms. The van der Waals surface area contributed by atoms with Crippen molar-refractivity contribution in [3.63, 3.8) is 0 Å². The summed E-state index contributed by atoms with van der Waals surface area (Å²) in [7, 11) is -3.50. The van der Waals surface area contributed by atoms with Gasteiger partial charge in [0.2, 0.25) is 10.0 Å². The van der Waals surface area contributed by atoms with Crippen LogP contribution in [0.15, 0.2) is 29.2 Å². The lowest BCUT2D eigenvalue weighted by atomic mass is 10.1. The highest BCUT2D eigenvalue weighted by atomic mass is 127. The van der Waals surface area contributed by atoms with Crippen LogP contribution < -0.4 is 4.72 Å². The van der Waals surface area contributed by atoms with E-state index in [0.717, 1.165) is 3.57 Å². The summed E-state index contributed by atoms with van der Waals surface area (Å²) in [4.78, 5) is 0.245. The van der Waals surface area contributed by atoms with E-state index in [4.69, 9.17) is 5.11 Å². The third-order valence-corrected chi connectivity index (χ3v) is 4.90. The lowest BCUT2D eigenvalue weighted by Gasteiger charge is -2.19. The molecule has 2 unspecified atom stereocenters. The van der Waals surface area contributed by atoms with Gasteiger partial charge in [0.15, 0.2) is 0 Å². The second kappa shape index (κ2) is 6.12. The van der Waals surface area contributed by atoms with Gasteiger partial charge in [-0.2, -0.15) is 0 Å². The Bertz CT molecular complexity index is 458. The number of halogens is 1. The van der Waals surface area contributed by atoms with Crippen molar-refractivity contribution in [1.82, 2.24) is 4.72 Å². The molecule has 17 heavy (non-hydrogen) atoms. The van der Waals surface area contributed by atoms with Crippen molar-refractivity contribution in [3.8, 4) is 0 Å². The predicted molar refractivity (Wildman–Crippen MR) is 75.2 cm³/mol. The van der Waals surface area contributed by atoms with Gasteiger partial charge in [-0.05, 0) is 59.7 Å². The standard InChI is InChI=1S/C11H16INO3S/c1-8(7-14)9(2)13-17(15,16)11-5-3-10(12)4-6-11/h3-6,8-9,13-14H,7H2,1-2H3. The van der Waals surface area contributed by atoms with Gasteiger partial charge in [0.25, 0.3) is 0 Å². The average Bonchev–Trinajstić information content (AvgIpc) is 2.27. The summed E-state index contributed by atoms with van der Waals surface area (Å²) < 4.78 is 27.5. The van der Waals surface area contributed by atoms with Crippen molar-refractivity contribution in [2.75, 3.05) is 6.61 Å². The molecule has 96 valence electrons. The molecular formula is C11H16INO3S. The Kier molecular flexibility index (Phi) is 5.36. The molecule has 0 amide bonds. The molecule has 0 aliphatic carbocycles. The molecule has 0 aromatic heterocycles. The van der Waals surface area contributed by atoms with E-state index in [-0.39, 0.29) is 23.5 Å². The first-order valence-corrected chi connectivity index (χ1v) is 7.82. The first-order chi connectivity index (χ1) is 7.86. The van der Waals surface area contributed by atoms with Gasteiger partial charge in [-0.25, -0.2) is 13.1 Å². The van der Waals surface area contributed by atoms with Crippen LogP contribution in [0.4, 0.5) is 0 Å². The van der Waals surface area contributed by atoms with Gasteiger partial charge in [0.05, 0.1) is 4.90 Å². The van der Waals surface area contributed by atoms with E-state index in [1.807, 2.05) is 0 Å². The lowest BCUT2D eigenvalue weighted by Crippen LogP contribution is -2.38. The minimum Gasteiger partial charge on any atom is -0.396 e. The predicted octanol–water partition coefficient (Wildman–Crippen LogP) is 1.59. The molecule has 0 saturated heterocycles. The molecule has 1 aromatic rings. The van der Waals surface area contributed by atoms with E-state index in [2.05, 4.69) is 27.3 Å². The van der Waals surface area contributed by atoms with E-state index < -0.39 is 10.0 Å². The summed E-state index contributed by atoms with van der Waals surface area (Å²) in [6, 6.07) is 6.33. The van der Waals surface area contributed by atoms with Crippen LogP contribution >= 0.6 is 22.6 Å². The van der Waals surface area contributed by atoms with Gasteiger partial charge in [0, 0.05) is 16.2 Å². The van der Waals surface area contributed by atoms with Crippen molar-refractivity contribution >= 4 is 32.6 Å². The van der Waals surface area contributed by atoms with Gasteiger partial charge < -0.3 is 5.11 Å². The molecule has 1 rings (SSSR count). The molecule has 0 aliphatic rings. The summed E-state index contributed by atoms with van der Waals surface area (Å²) in [6.07, 6.45) is 0. The fourth-order valence-electron chi connectivity index (χ4n) is 1.20. The maximum Gasteiger partial charge on any atom is 0.240 e. The van der Waals surface area contributed by atoms with Crippen molar-refractivity contribution in [2.45, 2.75) is 24.8 Å². The Morgan fingerprint density at radius 1 is 1.29 bits per heavy atom. The number of hydrogen-bond acceptors (Lipinski definition) is 3. The Morgan fingerprint density at radius 3 is 2.29 bits per heavy atom. The Hall–Kier alpha value is -0.180. The largest absolute Gasteiger partial charge is 0.396 e. The Morgan fingerprint density at radius 2 is 1.82 bits per heavy atom. The highest BCUT2D eigenvalue weighted by Crippen LogP contribution is 2.13. The van der Waals surface area contributed by atoms with Crippen LogP contribution in [0.5, 0.6) is 0 Å². The monoisotopic (exact) mass is 369 g/mol. The molecule has 0 aliphatic heterocycles. The zero-order valence-corrected chi connectivity index (χ0v) is 12.7. The maximum absolute atomic E-state index is 12.0. The van der Waals surface area contributed by atoms with Crippen molar-refractivity contribution in [1.29, 1.82) is 0 Å². The quantitative estimate of drug-likeness (QED) is 0.775. The van der Waals surface area contributed by atoms with Crippen LogP contribution in [-0.2, 0) is 10.0 Å². The number of aliphatic hydroxyl groups is 1. The molecule has 4 nitrogen and oxygen atoms in total.